The van der Waals surface area contributed by atoms with E-state index in [4.69, 9.17) is 0 Å². The van der Waals surface area contributed by atoms with Crippen LogP contribution in [0.25, 0.3) is 0 Å². The molecule has 0 spiro atoms. The van der Waals surface area contributed by atoms with E-state index >= 15 is 0 Å². The van der Waals surface area contributed by atoms with Gasteiger partial charge in [0.2, 0.25) is 0 Å². The second-order valence-electron chi connectivity index (χ2n) is 6.80. The Kier molecular flexibility index (Phi) is 5.46. The molecule has 2 unspecified atom stereocenters. The van der Waals surface area contributed by atoms with E-state index in [2.05, 4.69) is 51.9 Å². The van der Waals surface area contributed by atoms with Crippen LogP contribution in [0.4, 0.5) is 0 Å². The summed E-state index contributed by atoms with van der Waals surface area (Å²) in [5.74, 6) is 1.60. The lowest BCUT2D eigenvalue weighted by Crippen LogP contribution is -2.44. The van der Waals surface area contributed by atoms with Crippen LogP contribution in [0, 0.1) is 17.3 Å². The highest BCUT2D eigenvalue weighted by molar-refractivity contribution is 4.96. The smallest absolute Gasteiger partial charge is 0.0156 e. The van der Waals surface area contributed by atoms with Crippen LogP contribution in [0.15, 0.2) is 0 Å². The molecule has 1 fully saturated rings. The summed E-state index contributed by atoms with van der Waals surface area (Å²) in [6.45, 7) is 15.4. The van der Waals surface area contributed by atoms with Gasteiger partial charge in [-0.2, -0.15) is 0 Å². The number of nitrogens with one attached hydrogen (secondary N) is 1. The Bertz CT molecular complexity index is 223. The van der Waals surface area contributed by atoms with E-state index in [1.807, 2.05) is 0 Å². The molecule has 17 heavy (non-hydrogen) atoms. The Morgan fingerprint density at radius 1 is 1.35 bits per heavy atom. The van der Waals surface area contributed by atoms with Crippen molar-refractivity contribution in [3.8, 4) is 0 Å². The minimum atomic E-state index is 0.469. The topological polar surface area (TPSA) is 15.3 Å². The zero-order chi connectivity index (χ0) is 13.1. The summed E-state index contributed by atoms with van der Waals surface area (Å²) in [4.78, 5) is 2.63. The van der Waals surface area contributed by atoms with Gasteiger partial charge in [0.15, 0.2) is 0 Å². The van der Waals surface area contributed by atoms with Gasteiger partial charge in [-0.15, -0.1) is 0 Å². The van der Waals surface area contributed by atoms with Gasteiger partial charge in [0, 0.05) is 19.1 Å². The van der Waals surface area contributed by atoms with Crippen molar-refractivity contribution in [2.45, 2.75) is 53.5 Å². The third kappa shape index (κ3) is 3.96. The summed E-state index contributed by atoms with van der Waals surface area (Å²) in [6.07, 6.45) is 2.75. The normalized spacial score (nSPS) is 28.2. The zero-order valence-electron chi connectivity index (χ0n) is 12.7. The van der Waals surface area contributed by atoms with E-state index < -0.39 is 0 Å². The number of hydrogen-bond acceptors (Lipinski definition) is 2. The largest absolute Gasteiger partial charge is 0.316 e. The lowest BCUT2D eigenvalue weighted by Gasteiger charge is -2.33. The van der Waals surface area contributed by atoms with Crippen molar-refractivity contribution in [3.63, 3.8) is 0 Å². The Morgan fingerprint density at radius 2 is 2.00 bits per heavy atom. The van der Waals surface area contributed by atoms with Crippen LogP contribution < -0.4 is 5.32 Å². The van der Waals surface area contributed by atoms with E-state index in [-0.39, 0.29) is 0 Å². The van der Waals surface area contributed by atoms with Gasteiger partial charge in [-0.3, -0.25) is 0 Å². The summed E-state index contributed by atoms with van der Waals surface area (Å²) < 4.78 is 0. The second-order valence-corrected chi connectivity index (χ2v) is 6.80. The van der Waals surface area contributed by atoms with Crippen LogP contribution in [0.3, 0.4) is 0 Å². The molecule has 1 aliphatic rings. The molecule has 1 aliphatic carbocycles. The van der Waals surface area contributed by atoms with Gasteiger partial charge in [0.1, 0.15) is 0 Å². The number of nitrogens with zero attached hydrogens (tertiary/aromatic N) is 1. The lowest BCUT2D eigenvalue weighted by atomic mass is 9.85. The molecule has 1 saturated carbocycles. The zero-order valence-corrected chi connectivity index (χ0v) is 12.7. The van der Waals surface area contributed by atoms with E-state index in [1.54, 1.807) is 0 Å². The van der Waals surface area contributed by atoms with Crippen molar-refractivity contribution in [1.82, 2.24) is 10.2 Å². The first-order valence-electron chi connectivity index (χ1n) is 7.30. The summed E-state index contributed by atoms with van der Waals surface area (Å²) in [5.41, 5.74) is 0.469. The van der Waals surface area contributed by atoms with Gasteiger partial charge < -0.3 is 10.2 Å². The first-order chi connectivity index (χ1) is 7.90. The van der Waals surface area contributed by atoms with Gasteiger partial charge in [-0.25, -0.2) is 0 Å². The molecule has 102 valence electrons. The molecule has 0 aromatic rings. The molecule has 2 heteroatoms. The lowest BCUT2D eigenvalue weighted by molar-refractivity contribution is 0.181. The van der Waals surface area contributed by atoms with Crippen molar-refractivity contribution in [2.24, 2.45) is 17.3 Å². The van der Waals surface area contributed by atoms with Gasteiger partial charge in [0.05, 0.1) is 0 Å². The monoisotopic (exact) mass is 240 g/mol. The maximum atomic E-state index is 3.56. The maximum absolute atomic E-state index is 3.56. The van der Waals surface area contributed by atoms with Crippen molar-refractivity contribution in [2.75, 3.05) is 26.7 Å². The van der Waals surface area contributed by atoms with Gasteiger partial charge in [0.25, 0.3) is 0 Å². The molecular formula is C15H32N2. The van der Waals surface area contributed by atoms with Crippen molar-refractivity contribution in [3.05, 3.63) is 0 Å². The van der Waals surface area contributed by atoms with E-state index in [0.29, 0.717) is 11.5 Å². The molecule has 0 aromatic carbocycles. The van der Waals surface area contributed by atoms with Crippen molar-refractivity contribution < 1.29 is 0 Å². The third-order valence-electron chi connectivity index (χ3n) is 4.35. The van der Waals surface area contributed by atoms with E-state index in [0.717, 1.165) is 11.8 Å². The van der Waals surface area contributed by atoms with Gasteiger partial charge in [-0.1, -0.05) is 34.6 Å². The molecular weight excluding hydrogens is 208 g/mol. The standard InChI is InChI=1S/C15H32N2/c1-7-17(10-12(2)3)11-13-8-9-15(4,5)14(13)16-6/h12-14,16H,7-11H2,1-6H3. The fourth-order valence-corrected chi connectivity index (χ4v) is 3.52. The van der Waals surface area contributed by atoms with E-state index in [1.165, 1.54) is 32.5 Å². The van der Waals surface area contributed by atoms with Crippen LogP contribution in [0.2, 0.25) is 0 Å². The van der Waals surface area contributed by atoms with Crippen LogP contribution in [0.5, 0.6) is 0 Å². The molecule has 2 nitrogen and oxygen atoms in total. The van der Waals surface area contributed by atoms with Crippen LogP contribution in [-0.4, -0.2) is 37.6 Å². The average molecular weight is 240 g/mol. The first-order valence-corrected chi connectivity index (χ1v) is 7.30. The minimum Gasteiger partial charge on any atom is -0.316 e. The quantitative estimate of drug-likeness (QED) is 0.768. The molecule has 1 rings (SSSR count). The Balaban J connectivity index is 2.55. The third-order valence-corrected chi connectivity index (χ3v) is 4.35. The minimum absolute atomic E-state index is 0.469. The number of rotatable bonds is 6. The fraction of sp³-hybridized carbons (Fsp3) is 1.00. The van der Waals surface area contributed by atoms with Crippen molar-refractivity contribution >= 4 is 0 Å². The molecule has 0 radical (unpaired) electrons. The summed E-state index contributed by atoms with van der Waals surface area (Å²) in [5, 5.41) is 3.56. The number of hydrogen-bond donors (Lipinski definition) is 1. The van der Waals surface area contributed by atoms with E-state index in [9.17, 15) is 0 Å². The van der Waals surface area contributed by atoms with Gasteiger partial charge >= 0.3 is 0 Å². The van der Waals surface area contributed by atoms with Gasteiger partial charge in [-0.05, 0) is 43.7 Å². The molecule has 2 atom stereocenters. The van der Waals surface area contributed by atoms with Crippen LogP contribution >= 0.6 is 0 Å². The fourth-order valence-electron chi connectivity index (χ4n) is 3.52. The molecule has 0 saturated heterocycles. The second kappa shape index (κ2) is 6.19. The Morgan fingerprint density at radius 3 is 2.47 bits per heavy atom. The average Bonchev–Trinajstić information content (AvgIpc) is 2.51. The summed E-state index contributed by atoms with van der Waals surface area (Å²) in [6, 6.07) is 0.684. The first kappa shape index (κ1) is 15.0. The molecule has 0 amide bonds. The van der Waals surface area contributed by atoms with Crippen LogP contribution in [-0.2, 0) is 0 Å². The molecule has 0 bridgehead atoms. The van der Waals surface area contributed by atoms with Crippen LogP contribution in [0.1, 0.15) is 47.5 Å². The molecule has 1 N–H and O–H groups in total. The highest BCUT2D eigenvalue weighted by Gasteiger charge is 2.41. The SMILES string of the molecule is CCN(CC(C)C)CC1CCC(C)(C)C1NC. The van der Waals surface area contributed by atoms with Crippen molar-refractivity contribution in [1.29, 1.82) is 0 Å². The molecule has 0 aromatic heterocycles. The summed E-state index contributed by atoms with van der Waals surface area (Å²) in [7, 11) is 2.13. The highest BCUT2D eigenvalue weighted by atomic mass is 15.1. The highest BCUT2D eigenvalue weighted by Crippen LogP contribution is 2.41. The molecule has 0 aliphatic heterocycles. The maximum Gasteiger partial charge on any atom is 0.0156 e. The summed E-state index contributed by atoms with van der Waals surface area (Å²) >= 11 is 0. The molecule has 0 heterocycles. The Labute approximate surface area is 108 Å². The predicted molar refractivity (Wildman–Crippen MR) is 76.3 cm³/mol. The Hall–Kier alpha value is -0.0800. The predicted octanol–water partition coefficient (Wildman–Crippen LogP) is 2.99.